The van der Waals surface area contributed by atoms with E-state index < -0.39 is 11.6 Å². The fraction of sp³-hybridized carbons (Fsp3) is 0.348. The van der Waals surface area contributed by atoms with Crippen molar-refractivity contribution in [2.75, 3.05) is 13.7 Å². The van der Waals surface area contributed by atoms with Gasteiger partial charge in [-0.25, -0.2) is 9.37 Å². The van der Waals surface area contributed by atoms with E-state index in [1.165, 1.54) is 6.07 Å². The number of ether oxygens (including phenoxy) is 3. The zero-order valence-corrected chi connectivity index (χ0v) is 19.0. The summed E-state index contributed by atoms with van der Waals surface area (Å²) in [5.41, 5.74) is 1.78. The molecule has 1 aliphatic rings. The second kappa shape index (κ2) is 10.1. The molecule has 2 atom stereocenters. The molecule has 2 aromatic carbocycles. The van der Waals surface area contributed by atoms with Crippen LogP contribution in [0.25, 0.3) is 5.69 Å². The van der Waals surface area contributed by atoms with Gasteiger partial charge in [-0.2, -0.15) is 0 Å². The molecule has 1 fully saturated rings. The molecule has 0 amide bonds. The molecule has 1 aliphatic heterocycles. The molecular weight excluding hydrogens is 442 g/mol. The Morgan fingerprint density at radius 1 is 1.29 bits per heavy atom. The van der Waals surface area contributed by atoms with Gasteiger partial charge in [0.2, 0.25) is 0 Å². The fourth-order valence-corrected chi connectivity index (χ4v) is 4.10. The summed E-state index contributed by atoms with van der Waals surface area (Å²) in [7, 11) is 1.66. The number of imidazole rings is 1. The van der Waals surface area contributed by atoms with E-state index in [9.17, 15) is 0 Å². The maximum absolute atomic E-state index is 15.2. The van der Waals surface area contributed by atoms with E-state index in [1.807, 2.05) is 30.3 Å². The Balaban J connectivity index is 0.00000272. The molecule has 2 unspecified atom stereocenters. The summed E-state index contributed by atoms with van der Waals surface area (Å²) < 4.78 is 34.8. The van der Waals surface area contributed by atoms with Crippen LogP contribution in [0.15, 0.2) is 54.9 Å². The third-order valence-electron chi connectivity index (χ3n) is 5.45. The summed E-state index contributed by atoms with van der Waals surface area (Å²) in [5.74, 6) is -0.961. The summed E-state index contributed by atoms with van der Waals surface area (Å²) in [5, 5.41) is 0.365. The summed E-state index contributed by atoms with van der Waals surface area (Å²) in [6.45, 7) is 2.53. The largest absolute Gasteiger partial charge is 0.381 e. The molecule has 0 bridgehead atoms. The first-order valence-corrected chi connectivity index (χ1v) is 10.2. The van der Waals surface area contributed by atoms with Crippen molar-refractivity contribution >= 4 is 24.0 Å². The minimum atomic E-state index is -1.20. The smallest absolute Gasteiger partial charge is 0.199 e. The molecule has 0 N–H and O–H groups in total. The van der Waals surface area contributed by atoms with Gasteiger partial charge in [-0.05, 0) is 31.0 Å². The zero-order valence-electron chi connectivity index (χ0n) is 17.4. The molecule has 4 rings (SSSR count). The first-order valence-electron chi connectivity index (χ1n) is 9.87. The van der Waals surface area contributed by atoms with Crippen LogP contribution in [-0.2, 0) is 26.6 Å². The van der Waals surface area contributed by atoms with Crippen LogP contribution in [0.1, 0.15) is 29.8 Å². The molecule has 3 aromatic rings. The van der Waals surface area contributed by atoms with Gasteiger partial charge in [0.1, 0.15) is 11.6 Å². The molecule has 1 aromatic heterocycles. The number of benzene rings is 2. The van der Waals surface area contributed by atoms with Gasteiger partial charge >= 0.3 is 0 Å². The first-order chi connectivity index (χ1) is 14.5. The topological polar surface area (TPSA) is 45.5 Å². The van der Waals surface area contributed by atoms with Crippen molar-refractivity contribution in [2.24, 2.45) is 0 Å². The lowest BCUT2D eigenvalue weighted by molar-refractivity contribution is -0.288. The van der Waals surface area contributed by atoms with Gasteiger partial charge in [-0.1, -0.05) is 41.9 Å². The molecule has 2 heterocycles. The summed E-state index contributed by atoms with van der Waals surface area (Å²) in [6, 6.07) is 12.8. The summed E-state index contributed by atoms with van der Waals surface area (Å²) in [6.07, 6.45) is 4.39. The Labute approximate surface area is 192 Å². The van der Waals surface area contributed by atoms with Gasteiger partial charge in [0.15, 0.2) is 5.79 Å². The van der Waals surface area contributed by atoms with Gasteiger partial charge in [0, 0.05) is 31.5 Å². The molecule has 166 valence electrons. The molecule has 31 heavy (non-hydrogen) atoms. The predicted octanol–water partition coefficient (Wildman–Crippen LogP) is 5.59. The van der Waals surface area contributed by atoms with Crippen molar-refractivity contribution in [3.05, 3.63) is 82.6 Å². The van der Waals surface area contributed by atoms with Crippen molar-refractivity contribution in [2.45, 2.75) is 38.3 Å². The van der Waals surface area contributed by atoms with Crippen LogP contribution >= 0.6 is 24.0 Å². The van der Waals surface area contributed by atoms with E-state index in [4.69, 9.17) is 25.8 Å². The molecule has 0 saturated carbocycles. The molecule has 0 spiro atoms. The maximum Gasteiger partial charge on any atom is 0.199 e. The monoisotopic (exact) mass is 466 g/mol. The van der Waals surface area contributed by atoms with Crippen molar-refractivity contribution in [3.63, 3.8) is 0 Å². The van der Waals surface area contributed by atoms with Crippen LogP contribution < -0.4 is 0 Å². The highest BCUT2D eigenvalue weighted by molar-refractivity contribution is 6.31. The SMILES string of the molecule is COC1CCOC(OCc2ccccc2)(c2cc(F)c(-n3ccnc3C)cc2Cl)C1.Cl. The van der Waals surface area contributed by atoms with Crippen LogP contribution in [0.4, 0.5) is 4.39 Å². The van der Waals surface area contributed by atoms with E-state index in [-0.39, 0.29) is 18.5 Å². The Morgan fingerprint density at radius 3 is 2.74 bits per heavy atom. The summed E-state index contributed by atoms with van der Waals surface area (Å²) >= 11 is 6.66. The second-order valence-corrected chi connectivity index (χ2v) is 7.76. The number of hydrogen-bond donors (Lipinski definition) is 0. The quantitative estimate of drug-likeness (QED) is 0.474. The number of halogens is 3. The van der Waals surface area contributed by atoms with Crippen LogP contribution in [0.3, 0.4) is 0 Å². The van der Waals surface area contributed by atoms with Crippen molar-refractivity contribution < 1.29 is 18.6 Å². The van der Waals surface area contributed by atoms with Crippen LogP contribution in [-0.4, -0.2) is 29.4 Å². The number of nitrogens with zero attached hydrogens (tertiary/aromatic N) is 2. The molecule has 8 heteroatoms. The van der Waals surface area contributed by atoms with Gasteiger partial charge in [0.05, 0.1) is 30.0 Å². The van der Waals surface area contributed by atoms with Crippen LogP contribution in [0.5, 0.6) is 0 Å². The minimum Gasteiger partial charge on any atom is -0.381 e. The van der Waals surface area contributed by atoms with Crippen LogP contribution in [0, 0.1) is 12.7 Å². The van der Waals surface area contributed by atoms with E-state index in [1.54, 1.807) is 37.1 Å². The van der Waals surface area contributed by atoms with Crippen LogP contribution in [0.2, 0.25) is 5.02 Å². The number of hydrogen-bond acceptors (Lipinski definition) is 4. The number of aryl methyl sites for hydroxylation is 1. The van der Waals surface area contributed by atoms with Gasteiger partial charge in [-0.15, -0.1) is 12.4 Å². The standard InChI is InChI=1S/C23H24ClFN2O3.ClH/c1-16-26-9-10-27(16)22-13-20(24)19(12-21(22)25)23(14-18(28-2)8-11-29-23)30-15-17-6-4-3-5-7-17;/h3-7,9-10,12-13,18H,8,11,14-15H2,1-2H3;1H. The third kappa shape index (κ3) is 4.94. The van der Waals surface area contributed by atoms with E-state index in [2.05, 4.69) is 4.98 Å². The third-order valence-corrected chi connectivity index (χ3v) is 5.76. The molecule has 5 nitrogen and oxygen atoms in total. The highest BCUT2D eigenvalue weighted by Crippen LogP contribution is 2.42. The number of methoxy groups -OCH3 is 1. The highest BCUT2D eigenvalue weighted by atomic mass is 35.5. The van der Waals surface area contributed by atoms with E-state index >= 15 is 4.39 Å². The zero-order chi connectivity index (χ0) is 21.1. The first kappa shape index (κ1) is 23.7. The molecule has 1 saturated heterocycles. The number of rotatable bonds is 6. The molecular formula is C23H25Cl2FN2O3. The van der Waals surface area contributed by atoms with Gasteiger partial charge in [-0.3, -0.25) is 0 Å². The van der Waals surface area contributed by atoms with Crippen molar-refractivity contribution in [1.29, 1.82) is 0 Å². The average Bonchev–Trinajstić information content (AvgIpc) is 3.20. The minimum absolute atomic E-state index is 0. The van der Waals surface area contributed by atoms with Crippen molar-refractivity contribution in [3.8, 4) is 5.69 Å². The van der Waals surface area contributed by atoms with E-state index in [0.29, 0.717) is 41.7 Å². The predicted molar refractivity (Wildman–Crippen MR) is 119 cm³/mol. The highest BCUT2D eigenvalue weighted by Gasteiger charge is 2.43. The second-order valence-electron chi connectivity index (χ2n) is 7.35. The lowest BCUT2D eigenvalue weighted by atomic mass is 9.94. The molecule has 0 radical (unpaired) electrons. The normalized spacial score (nSPS) is 21.0. The van der Waals surface area contributed by atoms with E-state index in [0.717, 1.165) is 12.0 Å². The van der Waals surface area contributed by atoms with Gasteiger partial charge < -0.3 is 18.8 Å². The Hall–Kier alpha value is -1.96. The lowest BCUT2D eigenvalue weighted by Crippen LogP contribution is -2.42. The fourth-order valence-electron chi connectivity index (χ4n) is 3.80. The average molecular weight is 467 g/mol. The molecule has 0 aliphatic carbocycles. The summed E-state index contributed by atoms with van der Waals surface area (Å²) in [4.78, 5) is 4.16. The Morgan fingerprint density at radius 2 is 2.06 bits per heavy atom. The lowest BCUT2D eigenvalue weighted by Gasteiger charge is -2.41. The van der Waals surface area contributed by atoms with Crippen molar-refractivity contribution in [1.82, 2.24) is 9.55 Å². The maximum atomic E-state index is 15.2. The Kier molecular flexibility index (Phi) is 7.73. The Bertz CT molecular complexity index is 1020. The number of aromatic nitrogens is 2. The van der Waals surface area contributed by atoms with Gasteiger partial charge in [0.25, 0.3) is 0 Å².